The van der Waals surface area contributed by atoms with Crippen LogP contribution in [0.5, 0.6) is 5.75 Å². The third-order valence-corrected chi connectivity index (χ3v) is 8.54. The monoisotopic (exact) mass is 615 g/mol. The van der Waals surface area contributed by atoms with Gasteiger partial charge in [-0.3, -0.25) is 19.1 Å². The molecule has 0 saturated carbocycles. The average Bonchev–Trinajstić information content (AvgIpc) is 3.48. The van der Waals surface area contributed by atoms with Crippen molar-refractivity contribution < 1.29 is 19.4 Å². The first kappa shape index (κ1) is 29.3. The van der Waals surface area contributed by atoms with Gasteiger partial charge in [-0.2, -0.15) is 0 Å². The lowest BCUT2D eigenvalue weighted by molar-refractivity contribution is 0.0628. The largest absolute Gasteiger partial charge is 0.507 e. The molecular weight excluding hydrogens is 582 g/mol. The molecule has 0 radical (unpaired) electrons. The van der Waals surface area contributed by atoms with Gasteiger partial charge in [0.1, 0.15) is 17.1 Å². The molecule has 3 N–H and O–H groups in total. The third-order valence-electron chi connectivity index (χ3n) is 8.54. The lowest BCUT2D eigenvalue weighted by Gasteiger charge is -2.34. The van der Waals surface area contributed by atoms with Gasteiger partial charge in [0.2, 0.25) is 0 Å². The number of benzene rings is 2. The summed E-state index contributed by atoms with van der Waals surface area (Å²) in [7, 11) is 0. The SMILES string of the molecule is Nc1ncccc1-c1nc2ccc(C3=CCOCC3)nc2n1-c1ccc(CN2CCN(C(=O)c3ccc(C=O)c(O)c3)CC2)cc1. The van der Waals surface area contributed by atoms with Crippen LogP contribution in [0.3, 0.4) is 0 Å². The van der Waals surface area contributed by atoms with Crippen molar-refractivity contribution in [3.05, 3.63) is 101 Å². The van der Waals surface area contributed by atoms with E-state index in [4.69, 9.17) is 20.4 Å². The van der Waals surface area contributed by atoms with Gasteiger partial charge in [0.05, 0.1) is 30.0 Å². The van der Waals surface area contributed by atoms with Crippen molar-refractivity contribution >= 4 is 34.7 Å². The van der Waals surface area contributed by atoms with Gasteiger partial charge in [-0.05, 0) is 72.2 Å². The van der Waals surface area contributed by atoms with Crippen LogP contribution in [0.2, 0.25) is 0 Å². The Balaban J connectivity index is 1.11. The number of rotatable bonds is 7. The number of carbonyl (C=O) groups is 2. The number of hydrogen-bond acceptors (Lipinski definition) is 9. The maximum absolute atomic E-state index is 13.0. The predicted octanol–water partition coefficient (Wildman–Crippen LogP) is 4.34. The van der Waals surface area contributed by atoms with Crippen molar-refractivity contribution in [3.8, 4) is 22.8 Å². The van der Waals surface area contributed by atoms with E-state index in [0.29, 0.717) is 49.8 Å². The minimum absolute atomic E-state index is 0.153. The number of anilines is 1. The number of ether oxygens (including phenoxy) is 1. The third kappa shape index (κ3) is 5.73. The first-order valence-electron chi connectivity index (χ1n) is 15.2. The summed E-state index contributed by atoms with van der Waals surface area (Å²) in [6.45, 7) is 4.57. The summed E-state index contributed by atoms with van der Waals surface area (Å²) in [6, 6.07) is 20.6. The number of piperazine rings is 1. The van der Waals surface area contributed by atoms with Crippen molar-refractivity contribution in [2.24, 2.45) is 0 Å². The highest BCUT2D eigenvalue weighted by atomic mass is 16.5. The number of aromatic hydroxyl groups is 1. The number of hydrogen-bond donors (Lipinski definition) is 2. The highest BCUT2D eigenvalue weighted by Crippen LogP contribution is 2.32. The van der Waals surface area contributed by atoms with Gasteiger partial charge in [0, 0.05) is 50.2 Å². The Kier molecular flexibility index (Phi) is 8.00. The number of nitrogens with zero attached hydrogens (tertiary/aromatic N) is 6. The van der Waals surface area contributed by atoms with Crippen molar-refractivity contribution in [2.75, 3.05) is 45.1 Å². The Labute approximate surface area is 265 Å². The number of nitrogen functional groups attached to an aromatic ring is 1. The highest BCUT2D eigenvalue weighted by molar-refractivity contribution is 5.96. The predicted molar refractivity (Wildman–Crippen MR) is 175 cm³/mol. The molecule has 3 aromatic heterocycles. The summed E-state index contributed by atoms with van der Waals surface area (Å²) in [5.41, 5.74) is 13.2. The molecule has 11 nitrogen and oxygen atoms in total. The van der Waals surface area contributed by atoms with Crippen LogP contribution in [0.15, 0.2) is 79.0 Å². The number of aldehydes is 1. The molecular formula is C35H33N7O4. The molecule has 0 bridgehead atoms. The Morgan fingerprint density at radius 2 is 1.83 bits per heavy atom. The molecule has 2 aliphatic rings. The Morgan fingerprint density at radius 1 is 1.00 bits per heavy atom. The molecule has 0 unspecified atom stereocenters. The Hall–Kier alpha value is -5.39. The number of imidazole rings is 1. The lowest BCUT2D eigenvalue weighted by Crippen LogP contribution is -2.48. The first-order chi connectivity index (χ1) is 22.5. The average molecular weight is 616 g/mol. The van der Waals surface area contributed by atoms with E-state index in [1.807, 2.05) is 28.8 Å². The molecule has 11 heteroatoms. The summed E-state index contributed by atoms with van der Waals surface area (Å²) in [5.74, 6) is 0.735. The highest BCUT2D eigenvalue weighted by Gasteiger charge is 2.24. The second-order valence-corrected chi connectivity index (χ2v) is 11.4. The second kappa shape index (κ2) is 12.5. The number of fused-ring (bicyclic) bond motifs is 1. The minimum Gasteiger partial charge on any atom is -0.507 e. The van der Waals surface area contributed by atoms with Crippen molar-refractivity contribution in [3.63, 3.8) is 0 Å². The maximum atomic E-state index is 13.0. The molecule has 1 amide bonds. The van der Waals surface area contributed by atoms with Gasteiger partial charge < -0.3 is 20.5 Å². The van der Waals surface area contributed by atoms with E-state index >= 15 is 0 Å². The van der Waals surface area contributed by atoms with Crippen LogP contribution in [0.25, 0.3) is 33.8 Å². The molecule has 46 heavy (non-hydrogen) atoms. The number of aromatic nitrogens is 4. The number of phenolic OH excluding ortho intramolecular Hbond substituents is 1. The maximum Gasteiger partial charge on any atom is 0.254 e. The number of nitrogens with two attached hydrogens (primary N) is 1. The fraction of sp³-hybridized carbons (Fsp3) is 0.229. The summed E-state index contributed by atoms with van der Waals surface area (Å²) in [4.78, 5) is 42.4. The lowest BCUT2D eigenvalue weighted by atomic mass is 10.1. The van der Waals surface area contributed by atoms with Gasteiger partial charge in [0.15, 0.2) is 17.8 Å². The van der Waals surface area contributed by atoms with E-state index < -0.39 is 0 Å². The van der Waals surface area contributed by atoms with E-state index in [0.717, 1.165) is 65.3 Å². The molecule has 232 valence electrons. The molecule has 7 rings (SSSR count). The smallest absolute Gasteiger partial charge is 0.254 e. The van der Waals surface area contributed by atoms with Gasteiger partial charge in [-0.15, -0.1) is 0 Å². The molecule has 1 saturated heterocycles. The number of carbonyl (C=O) groups excluding carboxylic acids is 2. The first-order valence-corrected chi connectivity index (χ1v) is 15.2. The van der Waals surface area contributed by atoms with Crippen LogP contribution in [0, 0.1) is 0 Å². The van der Waals surface area contributed by atoms with Crippen molar-refractivity contribution in [1.29, 1.82) is 0 Å². The molecule has 5 heterocycles. The number of amides is 1. The molecule has 0 atom stereocenters. The quantitative estimate of drug-likeness (QED) is 0.256. The fourth-order valence-electron chi connectivity index (χ4n) is 6.00. The molecule has 5 aromatic rings. The molecule has 1 fully saturated rings. The number of phenols is 1. The van der Waals surface area contributed by atoms with Crippen LogP contribution in [-0.4, -0.2) is 86.0 Å². The van der Waals surface area contributed by atoms with Crippen molar-refractivity contribution in [1.82, 2.24) is 29.3 Å². The zero-order chi connectivity index (χ0) is 31.6. The van der Waals surface area contributed by atoms with Gasteiger partial charge >= 0.3 is 0 Å². The van der Waals surface area contributed by atoms with E-state index in [2.05, 4.69) is 40.2 Å². The van der Waals surface area contributed by atoms with Crippen LogP contribution < -0.4 is 5.73 Å². The van der Waals surface area contributed by atoms with Crippen LogP contribution in [0.1, 0.15) is 38.4 Å². The van der Waals surface area contributed by atoms with Gasteiger partial charge in [-0.1, -0.05) is 18.2 Å². The molecule has 0 spiro atoms. The van der Waals surface area contributed by atoms with Gasteiger partial charge in [-0.25, -0.2) is 15.0 Å². The summed E-state index contributed by atoms with van der Waals surface area (Å²) < 4.78 is 7.55. The van der Waals surface area contributed by atoms with Crippen LogP contribution in [0.4, 0.5) is 5.82 Å². The Morgan fingerprint density at radius 3 is 2.54 bits per heavy atom. The van der Waals surface area contributed by atoms with Gasteiger partial charge in [0.25, 0.3) is 5.91 Å². The normalized spacial score (nSPS) is 15.6. The van der Waals surface area contributed by atoms with Crippen LogP contribution in [-0.2, 0) is 11.3 Å². The second-order valence-electron chi connectivity index (χ2n) is 11.4. The van der Waals surface area contributed by atoms with E-state index in [1.165, 1.54) is 12.1 Å². The topological polar surface area (TPSA) is 140 Å². The number of pyridine rings is 2. The summed E-state index contributed by atoms with van der Waals surface area (Å²) >= 11 is 0. The zero-order valence-electron chi connectivity index (χ0n) is 25.2. The van der Waals surface area contributed by atoms with E-state index in [-0.39, 0.29) is 17.2 Å². The summed E-state index contributed by atoms with van der Waals surface area (Å²) in [6.07, 6.45) is 5.13. The zero-order valence-corrected chi connectivity index (χ0v) is 25.2. The summed E-state index contributed by atoms with van der Waals surface area (Å²) in [5, 5.41) is 9.99. The van der Waals surface area contributed by atoms with E-state index in [9.17, 15) is 14.7 Å². The molecule has 2 aliphatic heterocycles. The van der Waals surface area contributed by atoms with Crippen molar-refractivity contribution in [2.45, 2.75) is 13.0 Å². The minimum atomic E-state index is -0.185. The fourth-order valence-corrected chi connectivity index (χ4v) is 6.00. The Bertz CT molecular complexity index is 1960. The van der Waals surface area contributed by atoms with E-state index in [1.54, 1.807) is 17.2 Å². The molecule has 2 aromatic carbocycles. The standard InChI is InChI=1S/C35H33N7O4/c36-32-28(2-1-13-37-32)33-39-30-10-9-29(24-11-18-46-19-12-24)38-34(30)42(33)27-7-3-23(4-8-27)21-40-14-16-41(17-15-40)35(45)25-5-6-26(22-43)31(44)20-25/h1-11,13,20,22,44H,12,14-19,21H2,(H2,36,37). The van der Waals surface area contributed by atoms with Crippen LogP contribution >= 0.6 is 0 Å². The molecule has 0 aliphatic carbocycles.